The first-order valence-electron chi connectivity index (χ1n) is 10.4. The van der Waals surface area contributed by atoms with E-state index in [1.165, 1.54) is 13.4 Å². The van der Waals surface area contributed by atoms with E-state index >= 15 is 0 Å². The van der Waals surface area contributed by atoms with E-state index < -0.39 is 24.3 Å². The fraction of sp³-hybridized carbons (Fsp3) is 0.273. The summed E-state index contributed by atoms with van der Waals surface area (Å²) in [5.41, 5.74) is 11.0. The molecule has 176 valence electrons. The highest BCUT2D eigenvalue weighted by atomic mass is 19.4. The van der Waals surface area contributed by atoms with Crippen molar-refractivity contribution in [3.63, 3.8) is 0 Å². The van der Waals surface area contributed by atoms with Gasteiger partial charge in [-0.1, -0.05) is 5.16 Å². The van der Waals surface area contributed by atoms with Crippen LogP contribution >= 0.6 is 0 Å². The van der Waals surface area contributed by atoms with Gasteiger partial charge in [0.2, 0.25) is 11.7 Å². The van der Waals surface area contributed by atoms with Gasteiger partial charge >= 0.3 is 6.18 Å². The number of fused-ring (bicyclic) bond motifs is 3. The Kier molecular flexibility index (Phi) is 5.14. The van der Waals surface area contributed by atoms with Gasteiger partial charge in [0, 0.05) is 23.5 Å². The molecule has 5 rings (SSSR count). The number of nitrogens with two attached hydrogens (primary N) is 1. The fourth-order valence-electron chi connectivity index (χ4n) is 4.29. The number of aryl methyl sites for hydroxylation is 1. The van der Waals surface area contributed by atoms with Crippen LogP contribution in [0.2, 0.25) is 0 Å². The molecule has 0 unspecified atom stereocenters. The molecule has 3 heterocycles. The highest BCUT2D eigenvalue weighted by Crippen LogP contribution is 2.38. The van der Waals surface area contributed by atoms with E-state index in [1.807, 2.05) is 4.57 Å². The molecule has 0 saturated heterocycles. The van der Waals surface area contributed by atoms with Crippen LogP contribution in [-0.4, -0.2) is 32.7 Å². The van der Waals surface area contributed by atoms with Gasteiger partial charge in [0.15, 0.2) is 5.82 Å². The van der Waals surface area contributed by atoms with Crippen LogP contribution in [0.1, 0.15) is 29.1 Å². The average molecular weight is 472 g/mol. The molecular weight excluding hydrogens is 453 g/mol. The molecule has 0 aliphatic heterocycles. The van der Waals surface area contributed by atoms with Crippen LogP contribution in [-0.2, 0) is 30.2 Å². The number of hydrogen-bond donors (Lipinski definition) is 2. The van der Waals surface area contributed by atoms with Gasteiger partial charge < -0.3 is 24.9 Å². The van der Waals surface area contributed by atoms with Crippen molar-refractivity contribution in [3.05, 3.63) is 53.3 Å². The van der Waals surface area contributed by atoms with Crippen molar-refractivity contribution in [2.45, 2.75) is 31.9 Å². The number of carbonyl (C=O) groups excluding carboxylic acids is 1. The number of aromatic nitrogens is 4. The first kappa shape index (κ1) is 21.7. The van der Waals surface area contributed by atoms with Crippen LogP contribution in [0.3, 0.4) is 0 Å². The summed E-state index contributed by atoms with van der Waals surface area (Å²) in [6, 6.07) is 5.89. The van der Waals surface area contributed by atoms with Crippen LogP contribution in [0.5, 0.6) is 5.75 Å². The molecule has 0 fully saturated rings. The summed E-state index contributed by atoms with van der Waals surface area (Å²) in [5.74, 6) is -1.10. The lowest BCUT2D eigenvalue weighted by atomic mass is 10.2. The summed E-state index contributed by atoms with van der Waals surface area (Å²) in [7, 11) is 1.46. The van der Waals surface area contributed by atoms with Gasteiger partial charge in [-0.2, -0.15) is 13.2 Å². The van der Waals surface area contributed by atoms with Crippen LogP contribution < -0.4 is 15.8 Å². The Bertz CT molecular complexity index is 1410. The van der Waals surface area contributed by atoms with Crippen LogP contribution in [0.4, 0.5) is 24.7 Å². The zero-order valence-corrected chi connectivity index (χ0v) is 17.9. The van der Waals surface area contributed by atoms with E-state index in [1.54, 1.807) is 18.2 Å². The molecule has 0 radical (unpaired) electrons. The van der Waals surface area contributed by atoms with Gasteiger partial charge in [0.1, 0.15) is 17.6 Å². The van der Waals surface area contributed by atoms with Crippen LogP contribution in [0.25, 0.3) is 16.7 Å². The number of methoxy groups -OCH3 is 1. The van der Waals surface area contributed by atoms with Crippen LogP contribution in [0, 0.1) is 0 Å². The highest BCUT2D eigenvalue weighted by Gasteiger charge is 2.36. The molecule has 1 amide bonds. The van der Waals surface area contributed by atoms with Gasteiger partial charge in [-0.3, -0.25) is 4.79 Å². The zero-order chi connectivity index (χ0) is 24.0. The average Bonchev–Trinajstić information content (AvgIpc) is 3.50. The number of anilines is 2. The number of benzene rings is 1. The summed E-state index contributed by atoms with van der Waals surface area (Å²) in [6.45, 7) is 0. The Labute approximate surface area is 190 Å². The minimum absolute atomic E-state index is 0.134. The van der Waals surface area contributed by atoms with Gasteiger partial charge in [-0.25, -0.2) is 9.97 Å². The Balaban J connectivity index is 1.44. The Morgan fingerprint density at radius 2 is 2.09 bits per heavy atom. The van der Waals surface area contributed by atoms with E-state index in [9.17, 15) is 18.0 Å². The van der Waals surface area contributed by atoms with Gasteiger partial charge in [-0.15, -0.1) is 0 Å². The number of nitrogens with zero attached hydrogens (tertiary/aromatic N) is 4. The molecule has 9 nitrogen and oxygen atoms in total. The topological polar surface area (TPSA) is 121 Å². The first-order valence-corrected chi connectivity index (χ1v) is 10.4. The monoisotopic (exact) mass is 472 g/mol. The number of carbonyl (C=O) groups is 1. The number of nitrogens with one attached hydrogen (secondary N) is 1. The van der Waals surface area contributed by atoms with Crippen molar-refractivity contribution >= 4 is 28.4 Å². The third-order valence-electron chi connectivity index (χ3n) is 5.72. The maximum absolute atomic E-state index is 12.7. The normalized spacial score (nSPS) is 13.3. The smallest absolute Gasteiger partial charge is 0.452 e. The Morgan fingerprint density at radius 3 is 2.82 bits per heavy atom. The maximum atomic E-state index is 12.7. The molecule has 0 atom stereocenters. The standard InChI is InChI=1S/C22H19F3N6O3/c1-33-16-9-12(31-15-4-2-3-13(15)19-20(31)21(26)28-10-27-19)5-6-14(16)29-18(32)8-11-7-17(34-30-11)22(23,24)25/h5-7,9-10H,2-4,8H2,1H3,(H,29,32)(H2,26,27,28). The lowest BCUT2D eigenvalue weighted by molar-refractivity contribution is -0.155. The maximum Gasteiger partial charge on any atom is 0.452 e. The summed E-state index contributed by atoms with van der Waals surface area (Å²) >= 11 is 0. The third-order valence-corrected chi connectivity index (χ3v) is 5.72. The van der Waals surface area contributed by atoms with Crippen molar-refractivity contribution in [1.29, 1.82) is 0 Å². The minimum atomic E-state index is -4.67. The Hall–Kier alpha value is -4.09. The van der Waals surface area contributed by atoms with E-state index in [4.69, 9.17) is 10.5 Å². The second-order valence-electron chi connectivity index (χ2n) is 7.86. The molecule has 1 aliphatic carbocycles. The zero-order valence-electron chi connectivity index (χ0n) is 17.9. The predicted octanol–water partition coefficient (Wildman–Crippen LogP) is 3.69. The molecule has 0 bridgehead atoms. The molecular formula is C22H19F3N6O3. The summed E-state index contributed by atoms with van der Waals surface area (Å²) < 4.78 is 49.8. The molecule has 0 saturated carbocycles. The number of alkyl halides is 3. The van der Waals surface area contributed by atoms with Crippen molar-refractivity contribution in [1.82, 2.24) is 19.7 Å². The summed E-state index contributed by atoms with van der Waals surface area (Å²) in [4.78, 5) is 21.0. The van der Waals surface area contributed by atoms with Gasteiger partial charge in [0.05, 0.1) is 30.4 Å². The minimum Gasteiger partial charge on any atom is -0.494 e. The van der Waals surface area contributed by atoms with E-state index in [0.717, 1.165) is 47.2 Å². The molecule has 34 heavy (non-hydrogen) atoms. The second kappa shape index (κ2) is 8.04. The molecule has 1 aromatic carbocycles. The lowest BCUT2D eigenvalue weighted by Gasteiger charge is -2.15. The molecule has 1 aliphatic rings. The van der Waals surface area contributed by atoms with Gasteiger partial charge in [-0.05, 0) is 37.0 Å². The number of hydrogen-bond acceptors (Lipinski definition) is 7. The number of halogens is 3. The number of ether oxygens (including phenoxy) is 1. The number of rotatable bonds is 5. The van der Waals surface area contributed by atoms with Gasteiger partial charge in [0.25, 0.3) is 0 Å². The van der Waals surface area contributed by atoms with Crippen molar-refractivity contribution in [3.8, 4) is 11.4 Å². The van der Waals surface area contributed by atoms with E-state index in [0.29, 0.717) is 23.3 Å². The van der Waals surface area contributed by atoms with E-state index in [-0.39, 0.29) is 5.69 Å². The highest BCUT2D eigenvalue weighted by molar-refractivity contribution is 5.94. The van der Waals surface area contributed by atoms with Crippen molar-refractivity contribution in [2.75, 3.05) is 18.2 Å². The molecule has 4 aromatic rings. The Morgan fingerprint density at radius 1 is 1.26 bits per heavy atom. The second-order valence-corrected chi connectivity index (χ2v) is 7.86. The van der Waals surface area contributed by atoms with Crippen molar-refractivity contribution in [2.24, 2.45) is 0 Å². The first-order chi connectivity index (χ1) is 16.3. The largest absolute Gasteiger partial charge is 0.494 e. The summed E-state index contributed by atoms with van der Waals surface area (Å²) in [6.07, 6.45) is -0.839. The lowest BCUT2D eigenvalue weighted by Crippen LogP contribution is -2.15. The summed E-state index contributed by atoms with van der Waals surface area (Å²) in [5, 5.41) is 5.96. The molecule has 0 spiro atoms. The van der Waals surface area contributed by atoms with Crippen molar-refractivity contribution < 1.29 is 27.2 Å². The predicted molar refractivity (Wildman–Crippen MR) is 116 cm³/mol. The van der Waals surface area contributed by atoms with E-state index in [2.05, 4.69) is 25.0 Å². The SMILES string of the molecule is COc1cc(-n2c3c(c4ncnc(N)c42)CCC3)ccc1NC(=O)Cc1cc(C(F)(F)F)on1. The molecule has 3 aromatic heterocycles. The quantitative estimate of drug-likeness (QED) is 0.454. The third kappa shape index (κ3) is 3.70. The van der Waals surface area contributed by atoms with Crippen LogP contribution in [0.15, 0.2) is 35.1 Å². The number of amides is 1. The molecule has 12 heteroatoms. The fourth-order valence-corrected chi connectivity index (χ4v) is 4.29. The molecule has 3 N–H and O–H groups in total. The number of nitrogen functional groups attached to an aromatic ring is 1.